The fourth-order valence-corrected chi connectivity index (χ4v) is 2.67. The van der Waals surface area contributed by atoms with Crippen molar-refractivity contribution in [1.29, 1.82) is 0 Å². The van der Waals surface area contributed by atoms with Crippen molar-refractivity contribution in [2.75, 3.05) is 20.1 Å². The molecule has 5 nitrogen and oxygen atoms in total. The molecular formula is C13H19N5. The zero-order chi connectivity index (χ0) is 12.5. The van der Waals surface area contributed by atoms with Crippen molar-refractivity contribution in [3.63, 3.8) is 0 Å². The average molecular weight is 245 g/mol. The molecule has 0 saturated carbocycles. The Labute approximate surface area is 107 Å². The molecule has 2 aromatic rings. The number of nitrogens with zero attached hydrogens (tertiary/aromatic N) is 4. The summed E-state index contributed by atoms with van der Waals surface area (Å²) in [7, 11) is 2.18. The van der Waals surface area contributed by atoms with Crippen LogP contribution in [0.1, 0.15) is 30.1 Å². The maximum absolute atomic E-state index is 5.60. The van der Waals surface area contributed by atoms with Crippen LogP contribution in [0.3, 0.4) is 0 Å². The minimum atomic E-state index is 0.463. The Bertz CT molecular complexity index is 547. The fraction of sp³-hybridized carbons (Fsp3) is 0.538. The van der Waals surface area contributed by atoms with Crippen LogP contribution in [0.5, 0.6) is 0 Å². The van der Waals surface area contributed by atoms with Crippen LogP contribution in [0, 0.1) is 0 Å². The van der Waals surface area contributed by atoms with Gasteiger partial charge in [0.25, 0.3) is 0 Å². The molecule has 0 radical (unpaired) electrons. The van der Waals surface area contributed by atoms with E-state index in [1.165, 1.54) is 19.4 Å². The van der Waals surface area contributed by atoms with E-state index in [1.807, 2.05) is 16.8 Å². The van der Waals surface area contributed by atoms with Crippen LogP contribution in [0.15, 0.2) is 18.3 Å². The van der Waals surface area contributed by atoms with Crippen molar-refractivity contribution in [2.24, 2.45) is 5.73 Å². The van der Waals surface area contributed by atoms with Crippen molar-refractivity contribution < 1.29 is 0 Å². The number of hydrogen-bond acceptors (Lipinski definition) is 4. The third-order valence-corrected chi connectivity index (χ3v) is 3.64. The van der Waals surface area contributed by atoms with Gasteiger partial charge >= 0.3 is 0 Å². The molecule has 5 heteroatoms. The molecule has 96 valence electrons. The van der Waals surface area contributed by atoms with Gasteiger partial charge in [-0.05, 0) is 38.6 Å². The van der Waals surface area contributed by atoms with E-state index < -0.39 is 0 Å². The monoisotopic (exact) mass is 245 g/mol. The Hall–Kier alpha value is -1.46. The van der Waals surface area contributed by atoms with Crippen molar-refractivity contribution in [1.82, 2.24) is 19.5 Å². The second kappa shape index (κ2) is 4.66. The van der Waals surface area contributed by atoms with Gasteiger partial charge in [0.05, 0.1) is 17.6 Å². The lowest BCUT2D eigenvalue weighted by Gasteiger charge is -2.29. The maximum Gasteiger partial charge on any atom is 0.153 e. The summed E-state index contributed by atoms with van der Waals surface area (Å²) in [6, 6.07) is 4.14. The molecule has 0 aromatic carbocycles. The van der Waals surface area contributed by atoms with E-state index in [9.17, 15) is 0 Å². The predicted octanol–water partition coefficient (Wildman–Crippen LogP) is 0.997. The molecule has 1 aliphatic rings. The maximum atomic E-state index is 5.60. The van der Waals surface area contributed by atoms with E-state index in [0.717, 1.165) is 23.6 Å². The van der Waals surface area contributed by atoms with E-state index in [2.05, 4.69) is 28.1 Å². The van der Waals surface area contributed by atoms with Crippen molar-refractivity contribution in [2.45, 2.75) is 25.3 Å². The highest BCUT2D eigenvalue weighted by Gasteiger charge is 2.20. The van der Waals surface area contributed by atoms with Gasteiger partial charge in [0.2, 0.25) is 0 Å². The third kappa shape index (κ3) is 2.11. The molecule has 1 unspecified atom stereocenters. The normalized spacial score (nSPS) is 21.6. The van der Waals surface area contributed by atoms with Gasteiger partial charge in [-0.3, -0.25) is 0 Å². The zero-order valence-electron chi connectivity index (χ0n) is 10.7. The topological polar surface area (TPSA) is 59.5 Å². The number of likely N-dealkylation sites (N-methyl/N-ethyl adjacent to an activating group) is 1. The van der Waals surface area contributed by atoms with E-state index in [1.54, 1.807) is 0 Å². The highest BCUT2D eigenvalue weighted by atomic mass is 15.3. The second-order valence-corrected chi connectivity index (χ2v) is 5.10. The first kappa shape index (κ1) is 11.6. The van der Waals surface area contributed by atoms with Gasteiger partial charge in [0.15, 0.2) is 5.65 Å². The molecule has 0 bridgehead atoms. The summed E-state index contributed by atoms with van der Waals surface area (Å²) < 4.78 is 1.85. The summed E-state index contributed by atoms with van der Waals surface area (Å²) in [6.45, 7) is 2.75. The second-order valence-electron chi connectivity index (χ2n) is 5.10. The molecule has 2 N–H and O–H groups in total. The van der Waals surface area contributed by atoms with Crippen LogP contribution in [0.25, 0.3) is 5.65 Å². The first-order valence-electron chi connectivity index (χ1n) is 6.50. The highest BCUT2D eigenvalue weighted by molar-refractivity contribution is 5.39. The van der Waals surface area contributed by atoms with Crippen molar-refractivity contribution >= 4 is 5.65 Å². The quantitative estimate of drug-likeness (QED) is 0.857. The molecule has 1 fully saturated rings. The molecule has 0 aliphatic carbocycles. The van der Waals surface area contributed by atoms with Crippen LogP contribution in [0.2, 0.25) is 0 Å². The van der Waals surface area contributed by atoms with E-state index in [4.69, 9.17) is 5.73 Å². The molecule has 1 saturated heterocycles. The number of piperidine rings is 1. The summed E-state index contributed by atoms with van der Waals surface area (Å²) in [5.41, 5.74) is 8.53. The summed E-state index contributed by atoms with van der Waals surface area (Å²) in [4.78, 5) is 6.77. The highest BCUT2D eigenvalue weighted by Crippen LogP contribution is 2.24. The van der Waals surface area contributed by atoms with Crippen molar-refractivity contribution in [3.05, 3.63) is 29.7 Å². The SMILES string of the molecule is CN1CCCC(c2ccc3nc(CN)cn3n2)C1. The molecule has 0 spiro atoms. The van der Waals surface area contributed by atoms with Crippen LogP contribution in [-0.4, -0.2) is 39.6 Å². The largest absolute Gasteiger partial charge is 0.325 e. The lowest BCUT2D eigenvalue weighted by atomic mass is 9.95. The zero-order valence-corrected chi connectivity index (χ0v) is 10.7. The molecule has 18 heavy (non-hydrogen) atoms. The standard InChI is InChI=1S/C13H19N5/c1-17-6-2-3-10(8-17)12-4-5-13-15-11(7-14)9-18(13)16-12/h4-5,9-10H,2-3,6-8,14H2,1H3. The Morgan fingerprint density at radius 1 is 1.44 bits per heavy atom. The van der Waals surface area contributed by atoms with E-state index in [0.29, 0.717) is 12.5 Å². The Balaban J connectivity index is 1.92. The molecule has 1 atom stereocenters. The number of rotatable bonds is 2. The number of likely N-dealkylation sites (tertiary alicyclic amines) is 1. The first-order valence-corrected chi connectivity index (χ1v) is 6.50. The number of hydrogen-bond donors (Lipinski definition) is 1. The average Bonchev–Trinajstić information content (AvgIpc) is 2.80. The molecule has 3 rings (SSSR count). The number of fused-ring (bicyclic) bond motifs is 1. The Morgan fingerprint density at radius 2 is 2.33 bits per heavy atom. The van der Waals surface area contributed by atoms with Gasteiger partial charge in [0.1, 0.15) is 0 Å². The minimum absolute atomic E-state index is 0.463. The summed E-state index contributed by atoms with van der Waals surface area (Å²) in [6.07, 6.45) is 4.39. The lowest BCUT2D eigenvalue weighted by molar-refractivity contribution is 0.247. The molecule has 3 heterocycles. The van der Waals surface area contributed by atoms with Gasteiger partial charge in [-0.2, -0.15) is 5.10 Å². The van der Waals surface area contributed by atoms with Crippen molar-refractivity contribution in [3.8, 4) is 0 Å². The van der Waals surface area contributed by atoms with Gasteiger partial charge in [-0.25, -0.2) is 9.50 Å². The number of nitrogens with two attached hydrogens (primary N) is 1. The van der Waals surface area contributed by atoms with E-state index >= 15 is 0 Å². The number of aromatic nitrogens is 3. The minimum Gasteiger partial charge on any atom is -0.325 e. The molecular weight excluding hydrogens is 226 g/mol. The predicted molar refractivity (Wildman–Crippen MR) is 70.4 cm³/mol. The third-order valence-electron chi connectivity index (χ3n) is 3.64. The fourth-order valence-electron chi connectivity index (χ4n) is 2.67. The van der Waals surface area contributed by atoms with Gasteiger partial charge in [-0.15, -0.1) is 0 Å². The molecule has 2 aromatic heterocycles. The van der Waals surface area contributed by atoms with Gasteiger partial charge in [-0.1, -0.05) is 0 Å². The van der Waals surface area contributed by atoms with Gasteiger partial charge < -0.3 is 10.6 Å². The smallest absolute Gasteiger partial charge is 0.153 e. The first-order chi connectivity index (χ1) is 8.76. The van der Waals surface area contributed by atoms with Gasteiger partial charge in [0, 0.05) is 19.0 Å². The summed E-state index contributed by atoms with van der Waals surface area (Å²) in [5, 5.41) is 4.67. The summed E-state index contributed by atoms with van der Waals surface area (Å²) >= 11 is 0. The van der Waals surface area contributed by atoms with Crippen LogP contribution in [-0.2, 0) is 6.54 Å². The Kier molecular flexibility index (Phi) is 3.01. The lowest BCUT2D eigenvalue weighted by Crippen LogP contribution is -2.31. The van der Waals surface area contributed by atoms with Crippen LogP contribution >= 0.6 is 0 Å². The molecule has 0 amide bonds. The molecule has 1 aliphatic heterocycles. The number of imidazole rings is 1. The van der Waals surface area contributed by atoms with Crippen LogP contribution < -0.4 is 5.73 Å². The van der Waals surface area contributed by atoms with E-state index in [-0.39, 0.29) is 0 Å². The summed E-state index contributed by atoms with van der Waals surface area (Å²) in [5.74, 6) is 0.539. The Morgan fingerprint density at radius 3 is 3.11 bits per heavy atom. The van der Waals surface area contributed by atoms with Crippen LogP contribution in [0.4, 0.5) is 0 Å².